The van der Waals surface area contributed by atoms with Crippen molar-refractivity contribution in [3.8, 4) is 0 Å². The minimum absolute atomic E-state index is 0.0917. The normalized spacial score (nSPS) is 15.4. The van der Waals surface area contributed by atoms with Crippen LogP contribution in [0, 0.1) is 5.92 Å². The van der Waals surface area contributed by atoms with Gasteiger partial charge in [0.05, 0.1) is 6.54 Å². The highest BCUT2D eigenvalue weighted by Crippen LogP contribution is 2.20. The minimum Gasteiger partial charge on any atom is -0.359 e. The molecule has 0 radical (unpaired) electrons. The zero-order valence-electron chi connectivity index (χ0n) is 16.5. The predicted octanol–water partition coefficient (Wildman–Crippen LogP) is 1.36. The first-order valence-electron chi connectivity index (χ1n) is 9.62. The molecular formula is C20H31N5O2. The number of hydrogen-bond donors (Lipinski definition) is 3. The Hall–Kier alpha value is -2.57. The van der Waals surface area contributed by atoms with Crippen LogP contribution in [0.4, 0.5) is 0 Å². The molecule has 1 heterocycles. The Morgan fingerprint density at radius 2 is 1.93 bits per heavy atom. The van der Waals surface area contributed by atoms with Crippen molar-refractivity contribution >= 4 is 17.8 Å². The van der Waals surface area contributed by atoms with E-state index in [1.807, 2.05) is 18.2 Å². The monoisotopic (exact) mass is 373 g/mol. The van der Waals surface area contributed by atoms with Crippen LogP contribution in [0.1, 0.15) is 42.1 Å². The van der Waals surface area contributed by atoms with E-state index in [-0.39, 0.29) is 11.8 Å². The molecule has 7 heteroatoms. The van der Waals surface area contributed by atoms with E-state index in [2.05, 4.69) is 27.8 Å². The molecule has 0 bridgehead atoms. The summed E-state index contributed by atoms with van der Waals surface area (Å²) in [7, 11) is 3.32. The molecule has 1 aliphatic heterocycles. The fraction of sp³-hybridized carbons (Fsp3) is 0.550. The number of aliphatic imine (C=N–C) groups is 1. The second-order valence-electron chi connectivity index (χ2n) is 6.76. The highest BCUT2D eigenvalue weighted by atomic mass is 16.2. The second kappa shape index (κ2) is 10.5. The van der Waals surface area contributed by atoms with Crippen molar-refractivity contribution in [2.45, 2.75) is 32.7 Å². The van der Waals surface area contributed by atoms with Gasteiger partial charge in [-0.3, -0.25) is 9.59 Å². The third kappa shape index (κ3) is 6.27. The van der Waals surface area contributed by atoms with E-state index in [0.29, 0.717) is 24.4 Å². The first-order chi connectivity index (χ1) is 13.1. The van der Waals surface area contributed by atoms with Crippen LogP contribution in [-0.4, -0.2) is 56.4 Å². The van der Waals surface area contributed by atoms with E-state index < -0.39 is 0 Å². The summed E-state index contributed by atoms with van der Waals surface area (Å²) < 4.78 is 0. The van der Waals surface area contributed by atoms with Crippen LogP contribution < -0.4 is 16.0 Å². The molecule has 3 N–H and O–H groups in total. The number of hydrogen-bond acceptors (Lipinski definition) is 3. The van der Waals surface area contributed by atoms with E-state index >= 15 is 0 Å². The molecule has 1 fully saturated rings. The molecule has 1 aromatic rings. The van der Waals surface area contributed by atoms with E-state index in [0.717, 1.165) is 44.0 Å². The number of benzene rings is 1. The summed E-state index contributed by atoms with van der Waals surface area (Å²) in [5.41, 5.74) is 1.64. The van der Waals surface area contributed by atoms with E-state index in [4.69, 9.17) is 4.99 Å². The summed E-state index contributed by atoms with van der Waals surface area (Å²) >= 11 is 0. The Kier molecular flexibility index (Phi) is 8.10. The number of rotatable bonds is 6. The lowest BCUT2D eigenvalue weighted by Gasteiger charge is -2.34. The Morgan fingerprint density at radius 3 is 2.56 bits per heavy atom. The van der Waals surface area contributed by atoms with Gasteiger partial charge in [0.25, 0.3) is 5.91 Å². The molecule has 148 valence electrons. The lowest BCUT2D eigenvalue weighted by atomic mass is 9.93. The summed E-state index contributed by atoms with van der Waals surface area (Å²) in [6.07, 6.45) is 2.58. The zero-order valence-corrected chi connectivity index (χ0v) is 16.5. The van der Waals surface area contributed by atoms with Crippen molar-refractivity contribution in [3.05, 3.63) is 35.4 Å². The second-order valence-corrected chi connectivity index (χ2v) is 6.76. The Morgan fingerprint density at radius 1 is 1.19 bits per heavy atom. The average Bonchev–Trinajstić information content (AvgIpc) is 2.71. The molecule has 0 aliphatic carbocycles. The van der Waals surface area contributed by atoms with Crippen LogP contribution in [-0.2, 0) is 11.3 Å². The van der Waals surface area contributed by atoms with Gasteiger partial charge in [-0.15, -0.1) is 0 Å². The van der Waals surface area contributed by atoms with Crippen LogP contribution in [0.2, 0.25) is 0 Å². The number of carbonyl (C=O) groups excluding carboxylic acids is 2. The molecular weight excluding hydrogens is 342 g/mol. The van der Waals surface area contributed by atoms with Gasteiger partial charge in [-0.05, 0) is 43.4 Å². The molecule has 1 aromatic carbocycles. The van der Waals surface area contributed by atoms with E-state index in [1.165, 1.54) is 0 Å². The average molecular weight is 374 g/mol. The Labute approximate surface area is 161 Å². The maximum atomic E-state index is 11.8. The number of piperidine rings is 1. The van der Waals surface area contributed by atoms with Crippen molar-refractivity contribution in [3.63, 3.8) is 0 Å². The number of amides is 2. The first kappa shape index (κ1) is 20.7. The fourth-order valence-corrected chi connectivity index (χ4v) is 3.26. The van der Waals surface area contributed by atoms with Gasteiger partial charge in [0.2, 0.25) is 5.91 Å². The molecule has 2 rings (SSSR count). The third-order valence-corrected chi connectivity index (χ3v) is 4.83. The predicted molar refractivity (Wildman–Crippen MR) is 108 cm³/mol. The Bertz CT molecular complexity index is 666. The van der Waals surface area contributed by atoms with E-state index in [1.54, 1.807) is 20.2 Å². The maximum Gasteiger partial charge on any atom is 0.251 e. The molecule has 2 amide bonds. The standard InChI is InChI=1S/C20H31N5O2/c1-4-23-20(25-10-8-15(9-11-25)13-18(26)21-2)24-14-16-6-5-7-17(12-16)19(27)22-3/h5-7,12,15H,4,8-11,13-14H2,1-3H3,(H,21,26)(H,22,27)(H,23,24). The number of likely N-dealkylation sites (tertiary alicyclic amines) is 1. The van der Waals surface area contributed by atoms with Crippen molar-refractivity contribution in [2.24, 2.45) is 10.9 Å². The number of guanidine groups is 1. The molecule has 0 atom stereocenters. The van der Waals surface area contributed by atoms with Gasteiger partial charge in [0.15, 0.2) is 5.96 Å². The van der Waals surface area contributed by atoms with Crippen LogP contribution in [0.3, 0.4) is 0 Å². The van der Waals surface area contributed by atoms with Crippen LogP contribution in [0.5, 0.6) is 0 Å². The van der Waals surface area contributed by atoms with Gasteiger partial charge >= 0.3 is 0 Å². The van der Waals surface area contributed by atoms with E-state index in [9.17, 15) is 9.59 Å². The van der Waals surface area contributed by atoms with Crippen LogP contribution >= 0.6 is 0 Å². The number of nitrogens with zero attached hydrogens (tertiary/aromatic N) is 2. The van der Waals surface area contributed by atoms with Crippen LogP contribution in [0.15, 0.2) is 29.3 Å². The first-order valence-corrected chi connectivity index (χ1v) is 9.62. The van der Waals surface area contributed by atoms with Gasteiger partial charge in [-0.2, -0.15) is 0 Å². The van der Waals surface area contributed by atoms with Gasteiger partial charge in [-0.1, -0.05) is 12.1 Å². The van der Waals surface area contributed by atoms with Crippen molar-refractivity contribution in [1.82, 2.24) is 20.9 Å². The van der Waals surface area contributed by atoms with Gasteiger partial charge in [-0.25, -0.2) is 4.99 Å². The highest BCUT2D eigenvalue weighted by molar-refractivity contribution is 5.94. The SMILES string of the molecule is CCNC(=NCc1cccc(C(=O)NC)c1)N1CCC(CC(=O)NC)CC1. The molecule has 1 aliphatic rings. The third-order valence-electron chi connectivity index (χ3n) is 4.83. The summed E-state index contributed by atoms with van der Waals surface area (Å²) in [5, 5.41) is 8.70. The highest BCUT2D eigenvalue weighted by Gasteiger charge is 2.23. The molecule has 1 saturated heterocycles. The molecule has 0 spiro atoms. The Balaban J connectivity index is 1.99. The molecule has 0 saturated carbocycles. The van der Waals surface area contributed by atoms with Crippen LogP contribution in [0.25, 0.3) is 0 Å². The minimum atomic E-state index is -0.0917. The summed E-state index contributed by atoms with van der Waals surface area (Å²) in [5.74, 6) is 1.35. The van der Waals surface area contributed by atoms with Crippen molar-refractivity contribution in [1.29, 1.82) is 0 Å². The lowest BCUT2D eigenvalue weighted by molar-refractivity contribution is -0.121. The number of carbonyl (C=O) groups is 2. The fourth-order valence-electron chi connectivity index (χ4n) is 3.26. The van der Waals surface area contributed by atoms with Gasteiger partial charge in [0, 0.05) is 45.7 Å². The topological polar surface area (TPSA) is 85.8 Å². The lowest BCUT2D eigenvalue weighted by Crippen LogP contribution is -2.46. The molecule has 27 heavy (non-hydrogen) atoms. The zero-order chi connectivity index (χ0) is 19.6. The molecule has 0 aromatic heterocycles. The van der Waals surface area contributed by atoms with Crippen molar-refractivity contribution < 1.29 is 9.59 Å². The van der Waals surface area contributed by atoms with Gasteiger partial charge in [0.1, 0.15) is 0 Å². The maximum absolute atomic E-state index is 11.8. The largest absolute Gasteiger partial charge is 0.359 e. The molecule has 7 nitrogen and oxygen atoms in total. The van der Waals surface area contributed by atoms with Gasteiger partial charge < -0.3 is 20.9 Å². The molecule has 0 unspecified atom stereocenters. The summed E-state index contributed by atoms with van der Waals surface area (Å²) in [6.45, 7) is 5.16. The summed E-state index contributed by atoms with van der Waals surface area (Å²) in [4.78, 5) is 30.4. The van der Waals surface area contributed by atoms with Crippen molar-refractivity contribution in [2.75, 3.05) is 33.7 Å². The quantitative estimate of drug-likeness (QED) is 0.519. The summed E-state index contributed by atoms with van der Waals surface area (Å²) in [6, 6.07) is 7.54. The smallest absolute Gasteiger partial charge is 0.251 e. The number of nitrogens with one attached hydrogen (secondary N) is 3.